The van der Waals surface area contributed by atoms with E-state index < -0.39 is 53.8 Å². The summed E-state index contributed by atoms with van der Waals surface area (Å²) in [5, 5.41) is 0. The fraction of sp³-hybridized carbons (Fsp3) is 0.320. The molecule has 1 atom stereocenters. The minimum atomic E-state index is -6.51. The number of carbonyl (C=O) groups is 2. The summed E-state index contributed by atoms with van der Waals surface area (Å²) in [7, 11) is 0.694. The number of hydrogen-bond donors (Lipinski definition) is 0. The number of ether oxygens (including phenoxy) is 2. The highest BCUT2D eigenvalue weighted by Crippen LogP contribution is 2.49. The lowest BCUT2D eigenvalue weighted by Gasteiger charge is -2.29. The average molecular weight is 531 g/mol. The van der Waals surface area contributed by atoms with E-state index in [2.05, 4.69) is 11.6 Å². The second-order valence-corrected chi connectivity index (χ2v) is 8.20. The molecule has 12 heteroatoms. The molecule has 3 rings (SSSR count). The molecule has 0 heterocycles. The Morgan fingerprint density at radius 1 is 0.946 bits per heavy atom. The van der Waals surface area contributed by atoms with Crippen molar-refractivity contribution < 1.29 is 49.8 Å². The molecule has 198 valence electrons. The van der Waals surface area contributed by atoms with Crippen molar-refractivity contribution in [2.24, 2.45) is 4.99 Å². The van der Waals surface area contributed by atoms with Crippen molar-refractivity contribution in [2.75, 3.05) is 20.3 Å². The van der Waals surface area contributed by atoms with E-state index in [9.17, 15) is 40.3 Å². The van der Waals surface area contributed by atoms with Crippen LogP contribution in [0.5, 0.6) is 0 Å². The fourth-order valence-corrected chi connectivity index (χ4v) is 3.88. The lowest BCUT2D eigenvalue weighted by molar-refractivity contribution is -0.336. The Kier molecular flexibility index (Phi) is 7.52. The van der Waals surface area contributed by atoms with Crippen molar-refractivity contribution in [3.05, 3.63) is 71.3 Å². The van der Waals surface area contributed by atoms with E-state index in [1.807, 2.05) is 0 Å². The maximum absolute atomic E-state index is 14.5. The van der Waals surface area contributed by atoms with E-state index in [4.69, 9.17) is 9.47 Å². The second-order valence-electron chi connectivity index (χ2n) is 8.20. The zero-order valence-electron chi connectivity index (χ0n) is 19.5. The minimum Gasteiger partial charge on any atom is -0.462 e. The monoisotopic (exact) mass is 531 g/mol. The van der Waals surface area contributed by atoms with Gasteiger partial charge in [0.25, 0.3) is 0 Å². The molecule has 0 saturated heterocycles. The number of aliphatic imine (C=N–C) groups is 1. The van der Waals surface area contributed by atoms with Crippen LogP contribution in [0, 0.1) is 0 Å². The smallest absolute Gasteiger partial charge is 0.460 e. The van der Waals surface area contributed by atoms with Gasteiger partial charge in [-0.3, -0.25) is 4.99 Å². The highest BCUT2D eigenvalue weighted by molar-refractivity contribution is 6.07. The van der Waals surface area contributed by atoms with Gasteiger partial charge in [0.2, 0.25) is 0 Å². The molecule has 2 aromatic carbocycles. The highest BCUT2D eigenvalue weighted by atomic mass is 19.4. The standard InChI is InChI=1S/C25H20F7NO4/c1-13(2)22(35)37-12-20(34)36-11-19-16-7-5-4-6-15(16)18-10-14(8-9-17(18)19)21(33-3)23(26,27)24(28,29)25(30,31)32/h4-10,19H,1,11-12H2,2-3H3. The van der Waals surface area contributed by atoms with Crippen molar-refractivity contribution in [2.45, 2.75) is 30.9 Å². The number of nitrogens with zero attached hydrogens (tertiary/aromatic N) is 1. The number of halogens is 7. The topological polar surface area (TPSA) is 65.0 Å². The lowest BCUT2D eigenvalue weighted by atomic mass is 9.93. The number of carbonyl (C=O) groups excluding carboxylic acids is 2. The van der Waals surface area contributed by atoms with E-state index in [0.717, 1.165) is 12.1 Å². The molecule has 0 bridgehead atoms. The van der Waals surface area contributed by atoms with Crippen LogP contribution in [-0.4, -0.2) is 55.9 Å². The van der Waals surface area contributed by atoms with Gasteiger partial charge in [0.15, 0.2) is 6.61 Å². The van der Waals surface area contributed by atoms with Crippen LogP contribution in [0.2, 0.25) is 0 Å². The maximum Gasteiger partial charge on any atom is 0.460 e. The number of benzene rings is 2. The first-order valence-electron chi connectivity index (χ1n) is 10.6. The summed E-state index contributed by atoms with van der Waals surface area (Å²) in [5.41, 5.74) is -0.471. The van der Waals surface area contributed by atoms with Crippen molar-refractivity contribution in [3.63, 3.8) is 0 Å². The summed E-state index contributed by atoms with van der Waals surface area (Å²) in [6.07, 6.45) is -6.51. The van der Waals surface area contributed by atoms with Crippen LogP contribution in [0.15, 0.2) is 59.6 Å². The average Bonchev–Trinajstić information content (AvgIpc) is 3.13. The van der Waals surface area contributed by atoms with Gasteiger partial charge >= 0.3 is 30.0 Å². The van der Waals surface area contributed by atoms with Gasteiger partial charge in [-0.05, 0) is 35.2 Å². The maximum atomic E-state index is 14.5. The summed E-state index contributed by atoms with van der Waals surface area (Å²) in [6.45, 7) is 3.85. The molecule has 1 unspecified atom stereocenters. The number of esters is 2. The van der Waals surface area contributed by atoms with Gasteiger partial charge in [0.05, 0.1) is 0 Å². The molecule has 0 amide bonds. The summed E-state index contributed by atoms with van der Waals surface area (Å²) < 4.78 is 104. The molecular weight excluding hydrogens is 511 g/mol. The molecule has 0 saturated carbocycles. The molecule has 0 radical (unpaired) electrons. The molecule has 2 aromatic rings. The molecule has 37 heavy (non-hydrogen) atoms. The SMILES string of the molecule is C=C(C)C(=O)OCC(=O)OCC1c2ccccc2-c2cc(C(=NC)C(F)(F)C(F)(F)C(F)(F)F)ccc21. The zero-order chi connectivity index (χ0) is 27.8. The third-order valence-corrected chi connectivity index (χ3v) is 5.68. The molecule has 0 aliphatic heterocycles. The van der Waals surface area contributed by atoms with Crippen molar-refractivity contribution >= 4 is 17.7 Å². The molecule has 0 fully saturated rings. The predicted octanol–water partition coefficient (Wildman–Crippen LogP) is 5.71. The Balaban J connectivity index is 1.93. The number of hydrogen-bond acceptors (Lipinski definition) is 5. The normalized spacial score (nSPS) is 15.6. The summed E-state index contributed by atoms with van der Waals surface area (Å²) in [6, 6.07) is 9.81. The van der Waals surface area contributed by atoms with Crippen molar-refractivity contribution in [3.8, 4) is 11.1 Å². The van der Waals surface area contributed by atoms with Gasteiger partial charge in [-0.1, -0.05) is 43.0 Å². The first-order valence-corrected chi connectivity index (χ1v) is 10.6. The Morgan fingerprint density at radius 3 is 2.16 bits per heavy atom. The van der Waals surface area contributed by atoms with Gasteiger partial charge in [0, 0.05) is 24.1 Å². The number of rotatable bonds is 8. The molecule has 5 nitrogen and oxygen atoms in total. The predicted molar refractivity (Wildman–Crippen MR) is 119 cm³/mol. The Hall–Kier alpha value is -3.70. The molecule has 0 N–H and O–H groups in total. The fourth-order valence-electron chi connectivity index (χ4n) is 3.88. The molecule has 0 aromatic heterocycles. The van der Waals surface area contributed by atoms with E-state index in [1.54, 1.807) is 24.3 Å². The largest absolute Gasteiger partial charge is 0.462 e. The van der Waals surface area contributed by atoms with Crippen LogP contribution in [-0.2, 0) is 19.1 Å². The minimum absolute atomic E-state index is 0.0795. The summed E-state index contributed by atoms with van der Waals surface area (Å²) in [5.74, 6) is -14.3. The first-order chi connectivity index (χ1) is 17.1. The van der Waals surface area contributed by atoms with Gasteiger partial charge in [-0.2, -0.15) is 30.7 Å². The van der Waals surface area contributed by atoms with Gasteiger partial charge in [-0.25, -0.2) is 9.59 Å². The third kappa shape index (κ3) is 5.09. The number of alkyl halides is 7. The van der Waals surface area contributed by atoms with E-state index in [0.29, 0.717) is 23.7 Å². The van der Waals surface area contributed by atoms with E-state index in [1.165, 1.54) is 13.0 Å². The Labute approximate surface area is 206 Å². The van der Waals surface area contributed by atoms with Crippen LogP contribution in [0.3, 0.4) is 0 Å². The molecule has 0 spiro atoms. The Morgan fingerprint density at radius 2 is 1.57 bits per heavy atom. The third-order valence-electron chi connectivity index (χ3n) is 5.68. The second kappa shape index (κ2) is 9.98. The molecule has 1 aliphatic rings. The van der Waals surface area contributed by atoms with Crippen LogP contribution >= 0.6 is 0 Å². The van der Waals surface area contributed by atoms with Crippen LogP contribution in [0.25, 0.3) is 11.1 Å². The lowest BCUT2D eigenvalue weighted by Crippen LogP contribution is -2.56. The zero-order valence-corrected chi connectivity index (χ0v) is 19.5. The van der Waals surface area contributed by atoms with E-state index >= 15 is 0 Å². The van der Waals surface area contributed by atoms with E-state index in [-0.39, 0.29) is 17.7 Å². The molecular formula is C25H20F7NO4. The van der Waals surface area contributed by atoms with Crippen LogP contribution < -0.4 is 0 Å². The van der Waals surface area contributed by atoms with Crippen molar-refractivity contribution in [1.29, 1.82) is 0 Å². The first kappa shape index (κ1) is 27.9. The molecule has 1 aliphatic carbocycles. The summed E-state index contributed by atoms with van der Waals surface area (Å²) in [4.78, 5) is 26.5. The van der Waals surface area contributed by atoms with Gasteiger partial charge in [-0.15, -0.1) is 0 Å². The van der Waals surface area contributed by atoms with Crippen LogP contribution in [0.1, 0.15) is 29.5 Å². The Bertz CT molecular complexity index is 1270. The number of fused-ring (bicyclic) bond motifs is 3. The highest BCUT2D eigenvalue weighted by Gasteiger charge is 2.75. The van der Waals surface area contributed by atoms with Crippen LogP contribution in [0.4, 0.5) is 30.7 Å². The van der Waals surface area contributed by atoms with Crippen molar-refractivity contribution in [1.82, 2.24) is 0 Å². The quantitative estimate of drug-likeness (QED) is 0.189. The summed E-state index contributed by atoms with van der Waals surface area (Å²) >= 11 is 0. The van der Waals surface area contributed by atoms with Gasteiger partial charge < -0.3 is 9.47 Å². The van der Waals surface area contributed by atoms with Gasteiger partial charge in [0.1, 0.15) is 12.3 Å².